The van der Waals surface area contributed by atoms with Crippen LogP contribution in [0.25, 0.3) is 0 Å². The van der Waals surface area contributed by atoms with Crippen molar-refractivity contribution >= 4 is 26.0 Å². The van der Waals surface area contributed by atoms with Gasteiger partial charge in [0.05, 0.1) is 10.6 Å². The van der Waals surface area contributed by atoms with Gasteiger partial charge in [-0.15, -0.1) is 0 Å². The Hall–Kier alpha value is -0.0500. The van der Waals surface area contributed by atoms with E-state index in [9.17, 15) is 8.42 Å². The molecule has 0 aliphatic heterocycles. The van der Waals surface area contributed by atoms with Crippen LogP contribution in [0.1, 0.15) is 0 Å². The van der Waals surface area contributed by atoms with Crippen LogP contribution in [0.4, 0.5) is 0 Å². The summed E-state index contributed by atoms with van der Waals surface area (Å²) in [5, 5.41) is 1.85. The van der Waals surface area contributed by atoms with E-state index in [0.717, 1.165) is 0 Å². The molecule has 0 unspecified atom stereocenters. The largest absolute Gasteiger partial charge is 0.335 e. The van der Waals surface area contributed by atoms with Crippen LogP contribution >= 0.6 is 15.9 Å². The molecule has 3 nitrogen and oxygen atoms in total. The van der Waals surface area contributed by atoms with E-state index in [1.54, 1.807) is 5.25 Å². The first-order valence-corrected chi connectivity index (χ1v) is 4.15. The molecule has 0 fully saturated rings. The molecule has 8 heavy (non-hydrogen) atoms. The van der Waals surface area contributed by atoms with Gasteiger partial charge in [-0.05, 0) is 0 Å². The second-order valence-electron chi connectivity index (χ2n) is 0.888. The minimum atomic E-state index is -4.08. The molecule has 0 amide bonds. The topological polar surface area (TPSA) is 54.4 Å². The number of hydrogen-bond donors (Lipinski definition) is 1. The van der Waals surface area contributed by atoms with E-state index in [1.165, 1.54) is 0 Å². The van der Waals surface area contributed by atoms with Gasteiger partial charge in [-0.25, -0.2) is 0 Å². The van der Waals surface area contributed by atoms with Crippen LogP contribution in [0.15, 0.2) is 0 Å². The van der Waals surface area contributed by atoms with Gasteiger partial charge in [-0.3, -0.25) is 4.55 Å². The first kappa shape index (κ1) is 7.95. The molecule has 0 spiro atoms. The van der Waals surface area contributed by atoms with Gasteiger partial charge in [0.25, 0.3) is 0 Å². The smallest absolute Gasteiger partial charge is 0.276 e. The van der Waals surface area contributed by atoms with Crippen LogP contribution in [0.3, 0.4) is 0 Å². The third-order valence-electron chi connectivity index (χ3n) is 0.268. The lowest BCUT2D eigenvalue weighted by molar-refractivity contribution is 0.496. The maximum atomic E-state index is 9.75. The second-order valence-corrected chi connectivity index (χ2v) is 2.60. The molecular weight excluding hydrogens is 196 g/mol. The normalized spacial score (nSPS) is 9.75. The zero-order chi connectivity index (χ0) is 6.62. The van der Waals surface area contributed by atoms with Gasteiger partial charge in [-0.1, -0.05) is 21.9 Å². The summed E-state index contributed by atoms with van der Waals surface area (Å²) in [5.41, 5.74) is 0. The van der Waals surface area contributed by atoms with E-state index in [1.807, 2.05) is 0 Å². The zero-order valence-electron chi connectivity index (χ0n) is 3.76. The van der Waals surface area contributed by atoms with Gasteiger partial charge in [0.15, 0.2) is 0 Å². The average molecular weight is 199 g/mol. The van der Waals surface area contributed by atoms with Crippen molar-refractivity contribution in [3.8, 4) is 11.2 Å². The molecule has 0 heterocycles. The summed E-state index contributed by atoms with van der Waals surface area (Å²) in [4.78, 5) is 0. The average Bonchev–Trinajstić information content (AvgIpc) is 1.59. The van der Waals surface area contributed by atoms with Crippen LogP contribution in [0.5, 0.6) is 0 Å². The Morgan fingerprint density at radius 1 is 1.62 bits per heavy atom. The minimum absolute atomic E-state index is 0.243. The fourth-order valence-corrected chi connectivity index (χ4v) is 0.699. The van der Waals surface area contributed by atoms with E-state index in [2.05, 4.69) is 21.9 Å². The van der Waals surface area contributed by atoms with Gasteiger partial charge >= 0.3 is 10.1 Å². The SMILES string of the molecule is O=S(=O)(O)C#CCBr. The fourth-order valence-electron chi connectivity index (χ4n) is 0.118. The summed E-state index contributed by atoms with van der Waals surface area (Å²) in [7, 11) is -4.08. The van der Waals surface area contributed by atoms with E-state index in [-0.39, 0.29) is 5.33 Å². The van der Waals surface area contributed by atoms with Crippen LogP contribution in [-0.4, -0.2) is 18.3 Å². The predicted octanol–water partition coefficient (Wildman–Crippen LogP) is 0.230. The van der Waals surface area contributed by atoms with E-state index in [4.69, 9.17) is 4.55 Å². The molecule has 0 aliphatic rings. The Bertz CT molecular complexity index is 206. The molecule has 1 N–H and O–H groups in total. The van der Waals surface area contributed by atoms with E-state index >= 15 is 0 Å². The molecule has 0 rings (SSSR count). The number of rotatable bonds is 0. The predicted molar refractivity (Wildman–Crippen MR) is 33.1 cm³/mol. The zero-order valence-corrected chi connectivity index (χ0v) is 6.16. The van der Waals surface area contributed by atoms with Crippen LogP contribution < -0.4 is 0 Å². The third kappa shape index (κ3) is 5.95. The highest BCUT2D eigenvalue weighted by atomic mass is 79.9. The lowest BCUT2D eigenvalue weighted by Gasteiger charge is -1.73. The number of halogens is 1. The Balaban J connectivity index is 4.12. The van der Waals surface area contributed by atoms with Crippen molar-refractivity contribution in [3.63, 3.8) is 0 Å². The highest BCUT2D eigenvalue weighted by Crippen LogP contribution is 1.77. The quantitative estimate of drug-likeness (QED) is 0.345. The summed E-state index contributed by atoms with van der Waals surface area (Å²) >= 11 is 2.85. The van der Waals surface area contributed by atoms with Gasteiger partial charge in [0, 0.05) is 0 Å². The summed E-state index contributed by atoms with van der Waals surface area (Å²) in [6.45, 7) is 0. The Labute approximate surface area is 56.0 Å². The molecule has 0 aliphatic carbocycles. The van der Waals surface area contributed by atoms with Crippen molar-refractivity contribution in [2.45, 2.75) is 0 Å². The standard InChI is InChI=1S/C3H3BrO3S/c4-2-1-3-8(5,6)7/h2H2,(H,5,6,7). The first-order valence-electron chi connectivity index (χ1n) is 1.59. The van der Waals surface area contributed by atoms with Gasteiger partial charge < -0.3 is 0 Å². The van der Waals surface area contributed by atoms with Gasteiger partial charge in [-0.2, -0.15) is 8.42 Å². The molecule has 0 saturated carbocycles. The van der Waals surface area contributed by atoms with Crippen molar-refractivity contribution < 1.29 is 13.0 Å². The summed E-state index contributed by atoms with van der Waals surface area (Å²) in [5.74, 6) is 2.12. The summed E-state index contributed by atoms with van der Waals surface area (Å²) in [6, 6.07) is 0. The summed E-state index contributed by atoms with van der Waals surface area (Å²) < 4.78 is 27.4. The van der Waals surface area contributed by atoms with E-state index in [0.29, 0.717) is 0 Å². The molecule has 0 radical (unpaired) electrons. The Kier molecular flexibility index (Phi) is 3.05. The Morgan fingerprint density at radius 2 is 2.12 bits per heavy atom. The second kappa shape index (κ2) is 3.07. The highest BCUT2D eigenvalue weighted by Gasteiger charge is 1.91. The minimum Gasteiger partial charge on any atom is -0.276 e. The van der Waals surface area contributed by atoms with Gasteiger partial charge in [0.2, 0.25) is 0 Å². The first-order chi connectivity index (χ1) is 3.56. The fraction of sp³-hybridized carbons (Fsp3) is 0.333. The van der Waals surface area contributed by atoms with Crippen molar-refractivity contribution in [3.05, 3.63) is 0 Å². The van der Waals surface area contributed by atoms with Crippen LogP contribution in [0.2, 0.25) is 0 Å². The monoisotopic (exact) mass is 198 g/mol. The maximum absolute atomic E-state index is 9.75. The molecule has 0 atom stereocenters. The van der Waals surface area contributed by atoms with Crippen LogP contribution in [-0.2, 0) is 10.1 Å². The lowest BCUT2D eigenvalue weighted by atomic mass is 10.8. The number of alkyl halides is 1. The molecule has 0 bridgehead atoms. The number of hydrogen-bond acceptors (Lipinski definition) is 2. The van der Waals surface area contributed by atoms with Crippen molar-refractivity contribution in [1.82, 2.24) is 0 Å². The van der Waals surface area contributed by atoms with Crippen molar-refractivity contribution in [2.75, 3.05) is 5.33 Å². The Morgan fingerprint density at radius 3 is 2.25 bits per heavy atom. The molecule has 5 heteroatoms. The van der Waals surface area contributed by atoms with Crippen molar-refractivity contribution in [2.24, 2.45) is 0 Å². The molecule has 0 aromatic carbocycles. The van der Waals surface area contributed by atoms with Crippen molar-refractivity contribution in [1.29, 1.82) is 0 Å². The van der Waals surface area contributed by atoms with Gasteiger partial charge in [0.1, 0.15) is 0 Å². The lowest BCUT2D eigenvalue weighted by Crippen LogP contribution is -1.89. The highest BCUT2D eigenvalue weighted by molar-refractivity contribution is 9.09. The molecule has 0 aromatic rings. The third-order valence-corrected chi connectivity index (χ3v) is 0.951. The molecule has 0 aromatic heterocycles. The van der Waals surface area contributed by atoms with Crippen LogP contribution in [0, 0.1) is 11.2 Å². The maximum Gasteiger partial charge on any atom is 0.335 e. The molecule has 46 valence electrons. The van der Waals surface area contributed by atoms with E-state index < -0.39 is 10.1 Å². The molecule has 0 saturated heterocycles. The summed E-state index contributed by atoms with van der Waals surface area (Å²) in [6.07, 6.45) is 0. The molecular formula is C3H3BrO3S.